The summed E-state index contributed by atoms with van der Waals surface area (Å²) in [4.78, 5) is 10.9. The van der Waals surface area contributed by atoms with Crippen molar-refractivity contribution in [3.8, 4) is 5.75 Å². The monoisotopic (exact) mass is 313 g/mol. The van der Waals surface area contributed by atoms with Gasteiger partial charge in [-0.15, -0.1) is 0 Å². The third-order valence-electron chi connectivity index (χ3n) is 3.80. The molecule has 2 N–H and O–H groups in total. The molecule has 2 atom stereocenters. The molecule has 0 bridgehead atoms. The molecule has 1 fully saturated rings. The van der Waals surface area contributed by atoms with Gasteiger partial charge in [0, 0.05) is 13.1 Å². The molecule has 0 amide bonds. The predicted octanol–water partition coefficient (Wildman–Crippen LogP) is 2.32. The minimum atomic E-state index is -0.942. The van der Waals surface area contributed by atoms with Crippen LogP contribution >= 0.6 is 0 Å². The third-order valence-corrected chi connectivity index (χ3v) is 3.80. The second kappa shape index (κ2) is 7.26. The van der Waals surface area contributed by atoms with Gasteiger partial charge in [-0.3, -0.25) is 0 Å². The lowest BCUT2D eigenvalue weighted by molar-refractivity contribution is -0.00698. The van der Waals surface area contributed by atoms with E-state index in [2.05, 4.69) is 5.32 Å². The van der Waals surface area contributed by atoms with Gasteiger partial charge in [-0.05, 0) is 29.8 Å². The number of rotatable bonds is 6. The van der Waals surface area contributed by atoms with E-state index in [9.17, 15) is 4.79 Å². The van der Waals surface area contributed by atoms with Gasteiger partial charge in [-0.25, -0.2) is 4.79 Å². The van der Waals surface area contributed by atoms with E-state index in [4.69, 9.17) is 14.6 Å². The van der Waals surface area contributed by atoms with Crippen molar-refractivity contribution in [2.24, 2.45) is 0 Å². The first-order valence-corrected chi connectivity index (χ1v) is 7.58. The fourth-order valence-corrected chi connectivity index (χ4v) is 2.54. The number of carboxylic acids is 1. The highest BCUT2D eigenvalue weighted by Gasteiger charge is 2.29. The van der Waals surface area contributed by atoms with E-state index in [0.29, 0.717) is 18.9 Å². The molecule has 1 aliphatic heterocycles. The van der Waals surface area contributed by atoms with E-state index in [0.717, 1.165) is 12.1 Å². The van der Waals surface area contributed by atoms with Crippen LogP contribution in [0.1, 0.15) is 15.9 Å². The molecule has 0 spiro atoms. The number of nitrogens with one attached hydrogen (secondary N) is 1. The van der Waals surface area contributed by atoms with Gasteiger partial charge in [-0.2, -0.15) is 0 Å². The summed E-state index contributed by atoms with van der Waals surface area (Å²) < 4.78 is 11.9. The van der Waals surface area contributed by atoms with Crippen molar-refractivity contribution in [1.29, 1.82) is 0 Å². The second-order valence-corrected chi connectivity index (χ2v) is 5.48. The number of ether oxygens (including phenoxy) is 2. The Morgan fingerprint density at radius 1 is 1.04 bits per heavy atom. The molecule has 0 aliphatic carbocycles. The Balaban J connectivity index is 1.57. The average molecular weight is 313 g/mol. The van der Waals surface area contributed by atoms with E-state index in [1.54, 1.807) is 24.3 Å². The van der Waals surface area contributed by atoms with Gasteiger partial charge in [0.05, 0.1) is 12.2 Å². The minimum Gasteiger partial charge on any atom is -0.486 e. The number of hydrogen-bond donors (Lipinski definition) is 2. The predicted molar refractivity (Wildman–Crippen MR) is 85.7 cm³/mol. The second-order valence-electron chi connectivity index (χ2n) is 5.48. The lowest BCUT2D eigenvalue weighted by atomic mass is 10.2. The Kier molecular flexibility index (Phi) is 4.90. The van der Waals surface area contributed by atoms with E-state index in [1.807, 2.05) is 30.3 Å². The highest BCUT2D eigenvalue weighted by molar-refractivity contribution is 5.87. The molecule has 120 valence electrons. The quantitative estimate of drug-likeness (QED) is 0.856. The van der Waals surface area contributed by atoms with Crippen LogP contribution in [0, 0.1) is 0 Å². The van der Waals surface area contributed by atoms with Crippen molar-refractivity contribution in [3.05, 3.63) is 65.7 Å². The van der Waals surface area contributed by atoms with E-state index in [-0.39, 0.29) is 17.8 Å². The molecule has 2 aromatic rings. The van der Waals surface area contributed by atoms with Crippen LogP contribution in [0.3, 0.4) is 0 Å². The Bertz CT molecular complexity index is 642. The summed E-state index contributed by atoms with van der Waals surface area (Å²) in [5, 5.41) is 12.2. The lowest BCUT2D eigenvalue weighted by Crippen LogP contribution is -2.32. The zero-order valence-corrected chi connectivity index (χ0v) is 12.6. The Hall–Kier alpha value is -2.37. The van der Waals surface area contributed by atoms with Gasteiger partial charge >= 0.3 is 5.97 Å². The number of benzene rings is 2. The lowest BCUT2D eigenvalue weighted by Gasteiger charge is -2.21. The van der Waals surface area contributed by atoms with Crippen molar-refractivity contribution in [2.45, 2.75) is 18.8 Å². The summed E-state index contributed by atoms with van der Waals surface area (Å²) in [6.07, 6.45) is -0.122. The summed E-state index contributed by atoms with van der Waals surface area (Å²) in [6, 6.07) is 16.5. The molecule has 1 saturated heterocycles. The summed E-state index contributed by atoms with van der Waals surface area (Å²) in [7, 11) is 0. The Labute approximate surface area is 134 Å². The van der Waals surface area contributed by atoms with Crippen LogP contribution < -0.4 is 10.1 Å². The molecule has 0 saturated carbocycles. The molecule has 1 aliphatic rings. The standard InChI is InChI=1S/C18H19NO4/c20-18(21)14-6-8-15(9-7-14)23-17-11-19-10-16(17)22-12-13-4-2-1-3-5-13/h1-9,16-17,19H,10-12H2,(H,20,21)/t16-,17-/m1/s1. The SMILES string of the molecule is O=C(O)c1ccc(O[C@@H]2CNC[C@H]2OCc2ccccc2)cc1. The smallest absolute Gasteiger partial charge is 0.335 e. The van der Waals surface area contributed by atoms with Gasteiger partial charge in [-0.1, -0.05) is 30.3 Å². The maximum Gasteiger partial charge on any atom is 0.335 e. The minimum absolute atomic E-state index is 0.0330. The zero-order chi connectivity index (χ0) is 16.1. The third kappa shape index (κ3) is 4.09. The van der Waals surface area contributed by atoms with Crippen molar-refractivity contribution in [1.82, 2.24) is 5.32 Å². The topological polar surface area (TPSA) is 67.8 Å². The Morgan fingerprint density at radius 3 is 2.43 bits per heavy atom. The van der Waals surface area contributed by atoms with Gasteiger partial charge in [0.2, 0.25) is 0 Å². The fourth-order valence-electron chi connectivity index (χ4n) is 2.54. The molecule has 3 rings (SSSR count). The van der Waals surface area contributed by atoms with Crippen LogP contribution in [-0.4, -0.2) is 36.4 Å². The molecule has 1 heterocycles. The first kappa shape index (κ1) is 15.5. The maximum atomic E-state index is 10.9. The normalized spacial score (nSPS) is 20.3. The molecule has 5 nitrogen and oxygen atoms in total. The first-order chi connectivity index (χ1) is 11.2. The van der Waals surface area contributed by atoms with Gasteiger partial charge in [0.25, 0.3) is 0 Å². The van der Waals surface area contributed by atoms with Crippen LogP contribution in [0.4, 0.5) is 0 Å². The van der Waals surface area contributed by atoms with Crippen LogP contribution in [0.25, 0.3) is 0 Å². The molecule has 23 heavy (non-hydrogen) atoms. The van der Waals surface area contributed by atoms with Crippen LogP contribution in [0.15, 0.2) is 54.6 Å². The summed E-state index contributed by atoms with van der Waals surface area (Å²) >= 11 is 0. The average Bonchev–Trinajstić information content (AvgIpc) is 3.01. The van der Waals surface area contributed by atoms with Crippen molar-refractivity contribution in [3.63, 3.8) is 0 Å². The highest BCUT2D eigenvalue weighted by Crippen LogP contribution is 2.18. The first-order valence-electron chi connectivity index (χ1n) is 7.58. The molecular formula is C18H19NO4. The summed E-state index contributed by atoms with van der Waals surface area (Å²) in [5.41, 5.74) is 1.38. The maximum absolute atomic E-state index is 10.9. The number of carboxylic acid groups (broad SMARTS) is 1. The molecular weight excluding hydrogens is 294 g/mol. The number of hydrogen-bond acceptors (Lipinski definition) is 4. The highest BCUT2D eigenvalue weighted by atomic mass is 16.5. The van der Waals surface area contributed by atoms with Crippen molar-refractivity contribution >= 4 is 5.97 Å². The number of aromatic carboxylic acids is 1. The molecule has 0 radical (unpaired) electrons. The Morgan fingerprint density at radius 2 is 1.74 bits per heavy atom. The number of carbonyl (C=O) groups is 1. The zero-order valence-electron chi connectivity index (χ0n) is 12.6. The molecule has 5 heteroatoms. The van der Waals surface area contributed by atoms with E-state index < -0.39 is 5.97 Å². The largest absolute Gasteiger partial charge is 0.486 e. The fraction of sp³-hybridized carbons (Fsp3) is 0.278. The van der Waals surface area contributed by atoms with Crippen LogP contribution in [0.2, 0.25) is 0 Å². The van der Waals surface area contributed by atoms with Gasteiger partial charge < -0.3 is 19.9 Å². The van der Waals surface area contributed by atoms with E-state index in [1.165, 1.54) is 0 Å². The van der Waals surface area contributed by atoms with Crippen LogP contribution in [-0.2, 0) is 11.3 Å². The molecule has 2 aromatic carbocycles. The van der Waals surface area contributed by atoms with Crippen molar-refractivity contribution in [2.75, 3.05) is 13.1 Å². The van der Waals surface area contributed by atoms with Gasteiger partial charge in [0.15, 0.2) is 0 Å². The summed E-state index contributed by atoms with van der Waals surface area (Å²) in [5.74, 6) is -0.292. The van der Waals surface area contributed by atoms with E-state index >= 15 is 0 Å². The van der Waals surface area contributed by atoms with Crippen molar-refractivity contribution < 1.29 is 19.4 Å². The molecule has 0 unspecified atom stereocenters. The summed E-state index contributed by atoms with van der Waals surface area (Å²) in [6.45, 7) is 2.00. The van der Waals surface area contributed by atoms with Gasteiger partial charge in [0.1, 0.15) is 18.0 Å². The molecule has 0 aromatic heterocycles. The van der Waals surface area contributed by atoms with Crippen LogP contribution in [0.5, 0.6) is 5.75 Å².